The summed E-state index contributed by atoms with van der Waals surface area (Å²) in [7, 11) is 0. The number of amides is 1. The number of carbonyl (C=O) groups excluding carboxylic acids is 1. The Morgan fingerprint density at radius 1 is 1.36 bits per heavy atom. The minimum absolute atomic E-state index is 0.371. The largest absolute Gasteiger partial charge is 0.341 e. The summed E-state index contributed by atoms with van der Waals surface area (Å²) in [6.07, 6.45) is 5.94. The molecular weight excluding hydrogens is 174 g/mol. The predicted molar refractivity (Wildman–Crippen MR) is 56.5 cm³/mol. The van der Waals surface area contributed by atoms with Crippen LogP contribution in [-0.2, 0) is 17.8 Å². The number of aryl methyl sites for hydroxylation is 1. The fourth-order valence-corrected chi connectivity index (χ4v) is 1.13. The summed E-state index contributed by atoms with van der Waals surface area (Å²) >= 11 is 0. The minimum atomic E-state index is -0.371. The summed E-state index contributed by atoms with van der Waals surface area (Å²) in [5.41, 5.74) is 2.35. The lowest BCUT2D eigenvalue weighted by Crippen LogP contribution is -2.20. The summed E-state index contributed by atoms with van der Waals surface area (Å²) in [5.74, 6) is 1.64. The van der Waals surface area contributed by atoms with Crippen molar-refractivity contribution in [3.8, 4) is 12.3 Å². The molecule has 1 aromatic carbocycles. The van der Waals surface area contributed by atoms with Crippen LogP contribution in [0.3, 0.4) is 0 Å². The van der Waals surface area contributed by atoms with Crippen molar-refractivity contribution >= 4 is 5.91 Å². The summed E-state index contributed by atoms with van der Waals surface area (Å²) in [6.45, 7) is 2.60. The van der Waals surface area contributed by atoms with Crippen molar-refractivity contribution in [2.45, 2.75) is 19.9 Å². The molecule has 0 saturated carbocycles. The fourth-order valence-electron chi connectivity index (χ4n) is 1.13. The van der Waals surface area contributed by atoms with E-state index in [2.05, 4.69) is 24.4 Å². The standard InChI is InChI=1S/C12H13NO/c1-3-10-5-7-11(8-6-10)9-13-12(14)4-2/h2,5-8H,3,9H2,1H3,(H,13,14). The van der Waals surface area contributed by atoms with Crippen molar-refractivity contribution in [1.29, 1.82) is 0 Å². The van der Waals surface area contributed by atoms with Crippen molar-refractivity contribution in [1.82, 2.24) is 5.32 Å². The molecule has 2 heteroatoms. The molecule has 0 aliphatic heterocycles. The van der Waals surface area contributed by atoms with E-state index in [4.69, 9.17) is 6.42 Å². The van der Waals surface area contributed by atoms with E-state index in [1.807, 2.05) is 18.1 Å². The molecule has 14 heavy (non-hydrogen) atoms. The van der Waals surface area contributed by atoms with Crippen LogP contribution in [0.5, 0.6) is 0 Å². The lowest BCUT2D eigenvalue weighted by molar-refractivity contribution is -0.115. The van der Waals surface area contributed by atoms with Gasteiger partial charge in [-0.25, -0.2) is 0 Å². The van der Waals surface area contributed by atoms with E-state index >= 15 is 0 Å². The van der Waals surface area contributed by atoms with Crippen molar-refractivity contribution in [3.63, 3.8) is 0 Å². The number of benzene rings is 1. The fraction of sp³-hybridized carbons (Fsp3) is 0.250. The van der Waals surface area contributed by atoms with Crippen molar-refractivity contribution in [2.24, 2.45) is 0 Å². The van der Waals surface area contributed by atoms with Gasteiger partial charge in [-0.15, -0.1) is 6.42 Å². The quantitative estimate of drug-likeness (QED) is 0.714. The van der Waals surface area contributed by atoms with E-state index in [1.165, 1.54) is 5.56 Å². The zero-order valence-electron chi connectivity index (χ0n) is 8.21. The molecule has 0 fully saturated rings. The van der Waals surface area contributed by atoms with Gasteiger partial charge in [-0.05, 0) is 23.5 Å². The van der Waals surface area contributed by atoms with Gasteiger partial charge in [0.15, 0.2) is 0 Å². The third-order valence-electron chi connectivity index (χ3n) is 2.02. The first-order valence-corrected chi connectivity index (χ1v) is 4.58. The zero-order chi connectivity index (χ0) is 10.4. The molecule has 0 saturated heterocycles. The van der Waals surface area contributed by atoms with Gasteiger partial charge in [0, 0.05) is 6.54 Å². The van der Waals surface area contributed by atoms with Crippen LogP contribution < -0.4 is 5.32 Å². The third kappa shape index (κ3) is 2.95. The Hall–Kier alpha value is -1.75. The van der Waals surface area contributed by atoms with Crippen LogP contribution in [0.2, 0.25) is 0 Å². The molecule has 0 heterocycles. The van der Waals surface area contributed by atoms with E-state index in [0.29, 0.717) is 6.54 Å². The van der Waals surface area contributed by atoms with Crippen LogP contribution in [0, 0.1) is 12.3 Å². The van der Waals surface area contributed by atoms with E-state index in [1.54, 1.807) is 0 Å². The molecule has 0 aliphatic rings. The maximum atomic E-state index is 10.8. The van der Waals surface area contributed by atoms with Gasteiger partial charge in [-0.1, -0.05) is 31.2 Å². The second kappa shape index (κ2) is 5.08. The maximum absolute atomic E-state index is 10.8. The molecule has 0 bridgehead atoms. The number of terminal acetylenes is 1. The van der Waals surface area contributed by atoms with Gasteiger partial charge in [0.1, 0.15) is 0 Å². The molecule has 0 unspecified atom stereocenters. The van der Waals surface area contributed by atoms with Gasteiger partial charge >= 0.3 is 0 Å². The van der Waals surface area contributed by atoms with Gasteiger partial charge in [0.25, 0.3) is 5.91 Å². The van der Waals surface area contributed by atoms with Crippen molar-refractivity contribution in [2.75, 3.05) is 0 Å². The van der Waals surface area contributed by atoms with E-state index in [-0.39, 0.29) is 5.91 Å². The Kier molecular flexibility index (Phi) is 3.75. The highest BCUT2D eigenvalue weighted by molar-refractivity contribution is 5.92. The maximum Gasteiger partial charge on any atom is 0.295 e. The molecule has 0 radical (unpaired) electrons. The number of carbonyl (C=O) groups is 1. The van der Waals surface area contributed by atoms with Crippen LogP contribution >= 0.6 is 0 Å². The molecule has 0 spiro atoms. The van der Waals surface area contributed by atoms with Crippen molar-refractivity contribution < 1.29 is 4.79 Å². The molecule has 1 rings (SSSR count). The number of nitrogens with one attached hydrogen (secondary N) is 1. The van der Waals surface area contributed by atoms with Gasteiger partial charge < -0.3 is 5.32 Å². The lowest BCUT2D eigenvalue weighted by Gasteiger charge is -2.02. The van der Waals surface area contributed by atoms with E-state index in [0.717, 1.165) is 12.0 Å². The first kappa shape index (κ1) is 10.3. The smallest absolute Gasteiger partial charge is 0.295 e. The van der Waals surface area contributed by atoms with Crippen molar-refractivity contribution in [3.05, 3.63) is 35.4 Å². The Morgan fingerprint density at radius 2 is 1.93 bits per heavy atom. The molecule has 0 atom stereocenters. The van der Waals surface area contributed by atoms with Crippen LogP contribution in [0.15, 0.2) is 24.3 Å². The average molecular weight is 187 g/mol. The second-order valence-electron chi connectivity index (χ2n) is 3.00. The highest BCUT2D eigenvalue weighted by atomic mass is 16.1. The predicted octanol–water partition coefficient (Wildman–Crippen LogP) is 1.50. The summed E-state index contributed by atoms with van der Waals surface area (Å²) in [4.78, 5) is 10.8. The molecule has 0 aromatic heterocycles. The monoisotopic (exact) mass is 187 g/mol. The first-order chi connectivity index (χ1) is 6.76. The highest BCUT2D eigenvalue weighted by Crippen LogP contribution is 2.04. The van der Waals surface area contributed by atoms with Crippen LogP contribution in [-0.4, -0.2) is 5.91 Å². The first-order valence-electron chi connectivity index (χ1n) is 4.58. The Bertz CT molecular complexity index is 346. The topological polar surface area (TPSA) is 29.1 Å². The molecule has 2 nitrogen and oxygen atoms in total. The Morgan fingerprint density at radius 3 is 2.43 bits per heavy atom. The highest BCUT2D eigenvalue weighted by Gasteiger charge is 1.96. The normalized spacial score (nSPS) is 9.14. The molecule has 1 amide bonds. The summed E-state index contributed by atoms with van der Waals surface area (Å²) in [6, 6.07) is 8.10. The van der Waals surface area contributed by atoms with E-state index in [9.17, 15) is 4.79 Å². The molecule has 0 aliphatic carbocycles. The Balaban J connectivity index is 2.53. The molecule has 1 N–H and O–H groups in total. The van der Waals surface area contributed by atoms with Crippen LogP contribution in [0.4, 0.5) is 0 Å². The SMILES string of the molecule is C#CC(=O)NCc1ccc(CC)cc1. The number of hydrogen-bond acceptors (Lipinski definition) is 1. The van der Waals surface area contributed by atoms with Gasteiger partial charge in [-0.2, -0.15) is 0 Å². The lowest BCUT2D eigenvalue weighted by atomic mass is 10.1. The van der Waals surface area contributed by atoms with E-state index < -0.39 is 0 Å². The molecule has 72 valence electrons. The van der Waals surface area contributed by atoms with Crippen LogP contribution in [0.1, 0.15) is 18.1 Å². The van der Waals surface area contributed by atoms with Gasteiger partial charge in [0.05, 0.1) is 0 Å². The zero-order valence-corrected chi connectivity index (χ0v) is 8.21. The van der Waals surface area contributed by atoms with Crippen LogP contribution in [0.25, 0.3) is 0 Å². The number of hydrogen-bond donors (Lipinski definition) is 1. The number of rotatable bonds is 3. The van der Waals surface area contributed by atoms with Gasteiger partial charge in [-0.3, -0.25) is 4.79 Å². The molecule has 1 aromatic rings. The Labute approximate surface area is 84.3 Å². The third-order valence-corrected chi connectivity index (χ3v) is 2.02. The second-order valence-corrected chi connectivity index (χ2v) is 3.00. The van der Waals surface area contributed by atoms with Gasteiger partial charge in [0.2, 0.25) is 0 Å². The average Bonchev–Trinajstić information content (AvgIpc) is 2.26. The summed E-state index contributed by atoms with van der Waals surface area (Å²) in [5, 5.41) is 2.61. The molecular formula is C12H13NO. The minimum Gasteiger partial charge on any atom is -0.341 e. The summed E-state index contributed by atoms with van der Waals surface area (Å²) < 4.78 is 0.